The van der Waals surface area contributed by atoms with Crippen molar-refractivity contribution in [3.05, 3.63) is 59.7 Å². The number of benzene rings is 2. The Morgan fingerprint density at radius 2 is 1.76 bits per heavy atom. The van der Waals surface area contributed by atoms with Gasteiger partial charge >= 0.3 is 0 Å². The standard InChI is InChI=1S/C19H23NO/c1-3-5-10-16-11-6-8-13-18(16)20-15-17-12-7-9-14-19(17)21-4-2/h6-9,11-15H,3-5,10H2,1-2H3/b20-15-. The Labute approximate surface area is 127 Å². The van der Waals surface area contributed by atoms with Gasteiger partial charge in [-0.2, -0.15) is 0 Å². The molecule has 0 aliphatic carbocycles. The lowest BCUT2D eigenvalue weighted by Gasteiger charge is -2.07. The molecule has 0 atom stereocenters. The SMILES string of the molecule is CCCCc1ccccc1/N=C\c1ccccc1OCC. The number of para-hydroxylation sites is 2. The maximum Gasteiger partial charge on any atom is 0.128 e. The molecule has 0 aliphatic heterocycles. The van der Waals surface area contributed by atoms with Gasteiger partial charge in [-0.25, -0.2) is 0 Å². The Balaban J connectivity index is 2.21. The van der Waals surface area contributed by atoms with Gasteiger partial charge in [-0.15, -0.1) is 0 Å². The van der Waals surface area contributed by atoms with E-state index in [-0.39, 0.29) is 0 Å². The summed E-state index contributed by atoms with van der Waals surface area (Å²) in [7, 11) is 0. The molecule has 0 spiro atoms. The van der Waals surface area contributed by atoms with Gasteiger partial charge in [0.05, 0.1) is 12.3 Å². The lowest BCUT2D eigenvalue weighted by Crippen LogP contribution is -1.95. The van der Waals surface area contributed by atoms with Gasteiger partial charge in [0.1, 0.15) is 5.75 Å². The third-order valence-corrected chi connectivity index (χ3v) is 3.35. The number of hydrogen-bond acceptors (Lipinski definition) is 2. The molecule has 0 fully saturated rings. The molecule has 2 aromatic carbocycles. The number of aryl methyl sites for hydroxylation is 1. The molecule has 0 bridgehead atoms. The van der Waals surface area contributed by atoms with E-state index in [9.17, 15) is 0 Å². The average molecular weight is 281 g/mol. The van der Waals surface area contributed by atoms with Gasteiger partial charge in [-0.05, 0) is 43.5 Å². The van der Waals surface area contributed by atoms with E-state index in [0.29, 0.717) is 6.61 Å². The Bertz CT molecular complexity index is 590. The van der Waals surface area contributed by atoms with Crippen LogP contribution >= 0.6 is 0 Å². The van der Waals surface area contributed by atoms with Crippen molar-refractivity contribution in [3.63, 3.8) is 0 Å². The summed E-state index contributed by atoms with van der Waals surface area (Å²) in [4.78, 5) is 4.67. The predicted octanol–water partition coefficient (Wildman–Crippen LogP) is 5.18. The van der Waals surface area contributed by atoms with Crippen LogP contribution in [0.2, 0.25) is 0 Å². The summed E-state index contributed by atoms with van der Waals surface area (Å²) >= 11 is 0. The molecule has 0 radical (unpaired) electrons. The first kappa shape index (κ1) is 15.3. The Morgan fingerprint density at radius 1 is 1.00 bits per heavy atom. The summed E-state index contributed by atoms with van der Waals surface area (Å²) < 4.78 is 5.63. The number of ether oxygens (including phenoxy) is 1. The van der Waals surface area contributed by atoms with E-state index in [1.807, 2.05) is 43.5 Å². The molecular weight excluding hydrogens is 258 g/mol. The molecule has 2 aromatic rings. The summed E-state index contributed by atoms with van der Waals surface area (Å²) in [5.41, 5.74) is 3.38. The fourth-order valence-corrected chi connectivity index (χ4v) is 2.23. The van der Waals surface area contributed by atoms with Gasteiger partial charge in [-0.3, -0.25) is 4.99 Å². The predicted molar refractivity (Wildman–Crippen MR) is 89.9 cm³/mol. The third kappa shape index (κ3) is 4.45. The van der Waals surface area contributed by atoms with Crippen LogP contribution in [0.3, 0.4) is 0 Å². The first-order chi connectivity index (χ1) is 10.3. The van der Waals surface area contributed by atoms with Crippen molar-refractivity contribution in [1.82, 2.24) is 0 Å². The Morgan fingerprint density at radius 3 is 2.57 bits per heavy atom. The first-order valence-corrected chi connectivity index (χ1v) is 7.69. The van der Waals surface area contributed by atoms with E-state index in [1.54, 1.807) is 0 Å². The Kier molecular flexibility index (Phi) is 6.01. The average Bonchev–Trinajstić information content (AvgIpc) is 2.53. The van der Waals surface area contributed by atoms with Crippen LogP contribution in [0, 0.1) is 0 Å². The zero-order valence-electron chi connectivity index (χ0n) is 12.9. The number of aliphatic imine (C=N–C) groups is 1. The third-order valence-electron chi connectivity index (χ3n) is 3.35. The summed E-state index contributed by atoms with van der Waals surface area (Å²) in [6, 6.07) is 16.4. The highest BCUT2D eigenvalue weighted by Crippen LogP contribution is 2.22. The van der Waals surface area contributed by atoms with Crippen molar-refractivity contribution in [2.75, 3.05) is 6.61 Å². The van der Waals surface area contributed by atoms with Crippen LogP contribution < -0.4 is 4.74 Å². The normalized spacial score (nSPS) is 11.0. The minimum absolute atomic E-state index is 0.665. The molecule has 0 heterocycles. The van der Waals surface area contributed by atoms with Crippen molar-refractivity contribution in [2.45, 2.75) is 33.1 Å². The molecule has 2 rings (SSSR count). The number of unbranched alkanes of at least 4 members (excludes halogenated alkanes) is 1. The zero-order valence-corrected chi connectivity index (χ0v) is 12.9. The first-order valence-electron chi connectivity index (χ1n) is 7.69. The lowest BCUT2D eigenvalue weighted by atomic mass is 10.1. The van der Waals surface area contributed by atoms with Crippen LogP contribution in [0.4, 0.5) is 5.69 Å². The van der Waals surface area contributed by atoms with E-state index in [4.69, 9.17) is 4.74 Å². The van der Waals surface area contributed by atoms with Gasteiger partial charge in [0.25, 0.3) is 0 Å². The van der Waals surface area contributed by atoms with Gasteiger partial charge in [-0.1, -0.05) is 43.7 Å². The molecule has 0 N–H and O–H groups in total. The van der Waals surface area contributed by atoms with Gasteiger partial charge in [0.2, 0.25) is 0 Å². The zero-order chi connectivity index (χ0) is 14.9. The van der Waals surface area contributed by atoms with Crippen molar-refractivity contribution in [1.29, 1.82) is 0 Å². The molecular formula is C19H23NO. The highest BCUT2D eigenvalue weighted by atomic mass is 16.5. The van der Waals surface area contributed by atoms with E-state index >= 15 is 0 Å². The van der Waals surface area contributed by atoms with Gasteiger partial charge in [0, 0.05) is 11.8 Å². The van der Waals surface area contributed by atoms with Crippen molar-refractivity contribution in [2.24, 2.45) is 4.99 Å². The molecule has 2 heteroatoms. The fraction of sp³-hybridized carbons (Fsp3) is 0.316. The second kappa shape index (κ2) is 8.25. The van der Waals surface area contributed by atoms with Crippen LogP contribution in [0.1, 0.15) is 37.8 Å². The molecule has 0 amide bonds. The number of nitrogens with zero attached hydrogens (tertiary/aromatic N) is 1. The fourth-order valence-electron chi connectivity index (χ4n) is 2.23. The van der Waals surface area contributed by atoms with Crippen molar-refractivity contribution in [3.8, 4) is 5.75 Å². The van der Waals surface area contributed by atoms with Crippen LogP contribution in [-0.4, -0.2) is 12.8 Å². The Hall–Kier alpha value is -2.09. The molecule has 2 nitrogen and oxygen atoms in total. The van der Waals surface area contributed by atoms with Crippen LogP contribution in [0.15, 0.2) is 53.5 Å². The van der Waals surface area contributed by atoms with E-state index < -0.39 is 0 Å². The van der Waals surface area contributed by atoms with Crippen LogP contribution in [0.5, 0.6) is 5.75 Å². The van der Waals surface area contributed by atoms with Gasteiger partial charge in [0.15, 0.2) is 0 Å². The van der Waals surface area contributed by atoms with Crippen molar-refractivity contribution < 1.29 is 4.74 Å². The molecule has 0 aliphatic rings. The summed E-state index contributed by atoms with van der Waals surface area (Å²) in [6.07, 6.45) is 5.38. The smallest absolute Gasteiger partial charge is 0.128 e. The van der Waals surface area contributed by atoms with E-state index in [1.165, 1.54) is 18.4 Å². The summed E-state index contributed by atoms with van der Waals surface area (Å²) in [5.74, 6) is 0.884. The summed E-state index contributed by atoms with van der Waals surface area (Å²) in [6.45, 7) is 4.87. The van der Waals surface area contributed by atoms with E-state index in [2.05, 4.69) is 30.1 Å². The highest BCUT2D eigenvalue weighted by molar-refractivity contribution is 5.85. The largest absolute Gasteiger partial charge is 0.493 e. The van der Waals surface area contributed by atoms with Crippen molar-refractivity contribution >= 4 is 11.9 Å². The molecule has 0 unspecified atom stereocenters. The minimum atomic E-state index is 0.665. The second-order valence-electron chi connectivity index (χ2n) is 4.96. The van der Waals surface area contributed by atoms with Crippen LogP contribution in [-0.2, 0) is 6.42 Å². The molecule has 110 valence electrons. The van der Waals surface area contributed by atoms with Crippen LogP contribution in [0.25, 0.3) is 0 Å². The maximum absolute atomic E-state index is 5.63. The monoisotopic (exact) mass is 281 g/mol. The highest BCUT2D eigenvalue weighted by Gasteiger charge is 2.01. The lowest BCUT2D eigenvalue weighted by molar-refractivity contribution is 0.340. The molecule has 0 aromatic heterocycles. The number of rotatable bonds is 7. The van der Waals surface area contributed by atoms with E-state index in [0.717, 1.165) is 23.4 Å². The topological polar surface area (TPSA) is 21.6 Å². The molecule has 0 saturated heterocycles. The molecule has 0 saturated carbocycles. The summed E-state index contributed by atoms with van der Waals surface area (Å²) in [5, 5.41) is 0. The molecule has 21 heavy (non-hydrogen) atoms. The minimum Gasteiger partial charge on any atom is -0.493 e. The quantitative estimate of drug-likeness (QED) is 0.641. The second-order valence-corrected chi connectivity index (χ2v) is 4.96. The maximum atomic E-state index is 5.63. The number of hydrogen-bond donors (Lipinski definition) is 0. The van der Waals surface area contributed by atoms with Gasteiger partial charge < -0.3 is 4.74 Å².